The van der Waals surface area contributed by atoms with Gasteiger partial charge in [0.05, 0.1) is 0 Å². The molecule has 0 aliphatic carbocycles. The van der Waals surface area contributed by atoms with Crippen LogP contribution >= 0.6 is 0 Å². The topological polar surface area (TPSA) is 17.1 Å². The molecule has 0 aromatic rings. The second kappa shape index (κ2) is 24.5. The summed E-state index contributed by atoms with van der Waals surface area (Å²) >= 11 is 1.06. The van der Waals surface area contributed by atoms with E-state index in [4.69, 9.17) is 3.67 Å². The van der Waals surface area contributed by atoms with E-state index in [1.54, 1.807) is 0 Å². The van der Waals surface area contributed by atoms with Crippen molar-refractivity contribution in [2.24, 2.45) is 0 Å². The zero-order valence-corrected chi connectivity index (χ0v) is 2.25. The second-order valence-corrected chi connectivity index (χ2v) is 0. The molecule has 0 radical (unpaired) electrons. The third-order valence-corrected chi connectivity index (χ3v) is 0. The molecule has 0 unspecified atom stereocenters. The van der Waals surface area contributed by atoms with Gasteiger partial charge >= 0.3 is 132 Å². The van der Waals surface area contributed by atoms with Gasteiger partial charge in [-0.3, -0.25) is 0 Å². The fourth-order valence-corrected chi connectivity index (χ4v) is 0. The van der Waals surface area contributed by atoms with Crippen LogP contribution in [0.4, 0.5) is 0 Å². The molecule has 1 nitrogen and oxygen atoms in total. The van der Waals surface area contributed by atoms with Gasteiger partial charge in [-0.2, -0.15) is 0 Å². The van der Waals surface area contributed by atoms with Gasteiger partial charge < -0.3 is 0 Å². The molecule has 17 valence electrons. The van der Waals surface area contributed by atoms with Crippen molar-refractivity contribution < 1.29 is 21.0 Å². The first-order chi connectivity index (χ1) is 1.00. The molecular weight excluding hydrogens is 152 g/mol. The maximum absolute atomic E-state index is 8.19. The molecule has 0 rings (SSSR count). The molecule has 0 spiro atoms. The van der Waals surface area contributed by atoms with Gasteiger partial charge in [-0.05, 0) is 0 Å². The first kappa shape index (κ1) is 23.0. The quantitative estimate of drug-likeness (QED) is 0.367. The van der Waals surface area contributed by atoms with Crippen molar-refractivity contribution in [3.63, 3.8) is 0 Å². The minimum absolute atomic E-state index is 0. The van der Waals surface area contributed by atoms with E-state index in [2.05, 4.69) is 0 Å². The molecule has 0 fully saturated rings. The van der Waals surface area contributed by atoms with Crippen LogP contribution in [-0.4, -0.2) is 110 Å². The Labute approximate surface area is 128 Å². The number of hydrogen-bond donors (Lipinski definition) is 0. The van der Waals surface area contributed by atoms with Crippen LogP contribution in [0.5, 0.6) is 0 Å². The van der Waals surface area contributed by atoms with Crippen LogP contribution in [0.15, 0.2) is 0 Å². The van der Waals surface area contributed by atoms with Gasteiger partial charge in [-0.1, -0.05) is 0 Å². The van der Waals surface area contributed by atoms with Crippen LogP contribution < -0.4 is 0 Å². The molecule has 5 heavy (non-hydrogen) atoms. The maximum atomic E-state index is 8.19. The molecule has 0 aliphatic rings. The fourth-order valence-electron chi connectivity index (χ4n) is 0. The summed E-state index contributed by atoms with van der Waals surface area (Å²) in [7, 11) is 0. The van der Waals surface area contributed by atoms with E-state index in [9.17, 15) is 0 Å². The standard InChI is InChI=1S/K.2Na.O.V.3H. The van der Waals surface area contributed by atoms with E-state index in [0.29, 0.717) is 0 Å². The first-order valence-electron chi connectivity index (χ1n) is 0.183. The summed E-state index contributed by atoms with van der Waals surface area (Å²) in [5.74, 6) is 0. The molecular formula is H3KNa2OV. The van der Waals surface area contributed by atoms with Gasteiger partial charge in [-0.15, -0.1) is 0 Å². The van der Waals surface area contributed by atoms with Crippen molar-refractivity contribution in [2.75, 3.05) is 0 Å². The molecule has 0 saturated carbocycles. The predicted molar refractivity (Wildman–Crippen MR) is 22.1 cm³/mol. The normalized spacial score (nSPS) is 0.600. The number of rotatable bonds is 0. The second-order valence-electron chi connectivity index (χ2n) is 0. The zero-order chi connectivity index (χ0) is 2.00. The third-order valence-electron chi connectivity index (χ3n) is 0. The van der Waals surface area contributed by atoms with Gasteiger partial charge in [0.1, 0.15) is 0 Å². The molecule has 0 amide bonds. The Bertz CT molecular complexity index is 9.61. The van der Waals surface area contributed by atoms with Gasteiger partial charge in [0.15, 0.2) is 0 Å². The van der Waals surface area contributed by atoms with E-state index < -0.39 is 0 Å². The average Bonchev–Trinajstić information content (AvgIpc) is 1.00. The average molecular weight is 155 g/mol. The van der Waals surface area contributed by atoms with Crippen molar-refractivity contribution in [3.05, 3.63) is 0 Å². The summed E-state index contributed by atoms with van der Waals surface area (Å²) in [6.07, 6.45) is 0. The summed E-state index contributed by atoms with van der Waals surface area (Å²) in [6, 6.07) is 0. The van der Waals surface area contributed by atoms with Crippen molar-refractivity contribution in [2.45, 2.75) is 0 Å². The monoisotopic (exact) mass is 155 g/mol. The van der Waals surface area contributed by atoms with Crippen molar-refractivity contribution in [3.8, 4) is 0 Å². The molecule has 0 aliphatic heterocycles. The van der Waals surface area contributed by atoms with Crippen LogP contribution in [-0.2, 0) is 21.0 Å². The summed E-state index contributed by atoms with van der Waals surface area (Å²) < 4.78 is 8.19. The van der Waals surface area contributed by atoms with Crippen LogP contribution in [0.1, 0.15) is 0 Å². The van der Waals surface area contributed by atoms with Gasteiger partial charge in [0.25, 0.3) is 0 Å². The van der Waals surface area contributed by atoms with Crippen LogP contribution in [0.2, 0.25) is 0 Å². The summed E-state index contributed by atoms with van der Waals surface area (Å²) in [5, 5.41) is 0. The third kappa shape index (κ3) is 18.0. The Hall–Kier alpha value is 4.02. The predicted octanol–water partition coefficient (Wildman–Crippen LogP) is -2.07. The summed E-state index contributed by atoms with van der Waals surface area (Å²) in [4.78, 5) is 0. The zero-order valence-electron chi connectivity index (χ0n) is 0.855. The van der Waals surface area contributed by atoms with Gasteiger partial charge in [-0.25, -0.2) is 0 Å². The van der Waals surface area contributed by atoms with E-state index >= 15 is 0 Å². The molecule has 0 N–H and O–H groups in total. The van der Waals surface area contributed by atoms with E-state index in [1.807, 2.05) is 0 Å². The van der Waals surface area contributed by atoms with Crippen LogP contribution in [0.3, 0.4) is 0 Å². The van der Waals surface area contributed by atoms with E-state index in [0.717, 1.165) is 17.4 Å². The Kier molecular flexibility index (Phi) is 113. The number of hydrogen-bond acceptors (Lipinski definition) is 1. The summed E-state index contributed by atoms with van der Waals surface area (Å²) in [6.45, 7) is 0. The minimum atomic E-state index is 0. The SMILES string of the molecule is [KH].[NaH].[NaH].[O]=[V]. The van der Waals surface area contributed by atoms with Crippen molar-refractivity contribution in [1.29, 1.82) is 0 Å². The van der Waals surface area contributed by atoms with Crippen molar-refractivity contribution in [1.82, 2.24) is 0 Å². The molecule has 0 saturated heterocycles. The van der Waals surface area contributed by atoms with Gasteiger partial charge in [0, 0.05) is 0 Å². The molecule has 0 heterocycles. The first-order valence-corrected chi connectivity index (χ1v) is 0.753. The van der Waals surface area contributed by atoms with Crippen LogP contribution in [0, 0.1) is 0 Å². The fraction of sp³-hybridized carbons (Fsp3) is 0. The Morgan fingerprint density at radius 2 is 1.00 bits per heavy atom. The molecule has 0 aromatic heterocycles. The summed E-state index contributed by atoms with van der Waals surface area (Å²) in [5.41, 5.74) is 0. The van der Waals surface area contributed by atoms with E-state index in [1.165, 1.54) is 0 Å². The molecule has 5 heteroatoms. The van der Waals surface area contributed by atoms with Crippen molar-refractivity contribution >= 4 is 110 Å². The molecule has 0 atom stereocenters. The van der Waals surface area contributed by atoms with E-state index in [-0.39, 0.29) is 110 Å². The Morgan fingerprint density at radius 3 is 1.00 bits per heavy atom. The Balaban J connectivity index is -0.00000000167. The van der Waals surface area contributed by atoms with Crippen LogP contribution in [0.25, 0.3) is 0 Å². The Morgan fingerprint density at radius 1 is 1.00 bits per heavy atom. The molecule has 0 aromatic carbocycles. The van der Waals surface area contributed by atoms with Gasteiger partial charge in [0.2, 0.25) is 0 Å². The molecule has 0 bridgehead atoms.